The zero-order valence-corrected chi connectivity index (χ0v) is 12.0. The smallest absolute Gasteiger partial charge is 0.329 e. The number of ether oxygens (including phenoxy) is 2. The third-order valence-electron chi connectivity index (χ3n) is 3.72. The normalized spacial score (nSPS) is 16.9. The van der Waals surface area contributed by atoms with Gasteiger partial charge in [-0.3, -0.25) is 10.1 Å². The van der Waals surface area contributed by atoms with Gasteiger partial charge in [0.05, 0.1) is 12.0 Å². The van der Waals surface area contributed by atoms with Crippen LogP contribution >= 0.6 is 0 Å². The van der Waals surface area contributed by atoms with E-state index in [1.54, 1.807) is 19.1 Å². The maximum absolute atomic E-state index is 11.9. The number of rotatable bonds is 6. The van der Waals surface area contributed by atoms with E-state index in [1.165, 1.54) is 13.2 Å². The summed E-state index contributed by atoms with van der Waals surface area (Å²) < 4.78 is 10.2. The van der Waals surface area contributed by atoms with Crippen molar-refractivity contribution in [1.82, 2.24) is 0 Å². The fourth-order valence-corrected chi connectivity index (χ4v) is 2.31. The standard InChI is InChI=1S/C14H18N2O5/c1-9-4-3-5-11(12(9)16(18)19)21-8-14(15,10-6-7-10)13(17)20-2/h3-5,10H,6-8,15H2,1-2H3. The van der Waals surface area contributed by atoms with E-state index in [0.29, 0.717) is 5.56 Å². The molecule has 0 bridgehead atoms. The van der Waals surface area contributed by atoms with Gasteiger partial charge in [0, 0.05) is 5.56 Å². The van der Waals surface area contributed by atoms with E-state index in [2.05, 4.69) is 0 Å². The molecule has 1 aliphatic carbocycles. The summed E-state index contributed by atoms with van der Waals surface area (Å²) >= 11 is 0. The molecule has 1 fully saturated rings. The summed E-state index contributed by atoms with van der Waals surface area (Å²) in [5.41, 5.74) is 5.22. The van der Waals surface area contributed by atoms with Crippen molar-refractivity contribution < 1.29 is 19.2 Å². The van der Waals surface area contributed by atoms with Crippen LogP contribution in [0.4, 0.5) is 5.69 Å². The van der Waals surface area contributed by atoms with Crippen molar-refractivity contribution in [2.24, 2.45) is 11.7 Å². The topological polar surface area (TPSA) is 105 Å². The molecule has 1 saturated carbocycles. The molecule has 1 atom stereocenters. The van der Waals surface area contributed by atoms with Gasteiger partial charge >= 0.3 is 11.7 Å². The SMILES string of the molecule is COC(=O)C(N)(COc1cccc(C)c1[N+](=O)[O-])C1CC1. The number of benzene rings is 1. The summed E-state index contributed by atoms with van der Waals surface area (Å²) in [4.78, 5) is 22.5. The van der Waals surface area contributed by atoms with Gasteiger partial charge in [0.25, 0.3) is 0 Å². The summed E-state index contributed by atoms with van der Waals surface area (Å²) in [5, 5.41) is 11.1. The Labute approximate surface area is 122 Å². The second-order valence-corrected chi connectivity index (χ2v) is 5.27. The van der Waals surface area contributed by atoms with Crippen molar-refractivity contribution in [2.75, 3.05) is 13.7 Å². The molecule has 0 spiro atoms. The molecule has 0 heterocycles. The fourth-order valence-electron chi connectivity index (χ4n) is 2.31. The van der Waals surface area contributed by atoms with E-state index in [4.69, 9.17) is 15.2 Å². The quantitative estimate of drug-likeness (QED) is 0.485. The minimum Gasteiger partial charge on any atom is -0.484 e. The number of nitro benzene ring substituents is 1. The summed E-state index contributed by atoms with van der Waals surface area (Å²) in [7, 11) is 1.27. The molecule has 0 aliphatic heterocycles. The van der Waals surface area contributed by atoms with E-state index < -0.39 is 16.4 Å². The molecular formula is C14H18N2O5. The predicted molar refractivity (Wildman–Crippen MR) is 75.0 cm³/mol. The Morgan fingerprint density at radius 2 is 2.19 bits per heavy atom. The highest BCUT2D eigenvalue weighted by Crippen LogP contribution is 2.40. The molecular weight excluding hydrogens is 276 g/mol. The summed E-state index contributed by atoms with van der Waals surface area (Å²) in [5.74, 6) is -0.450. The van der Waals surface area contributed by atoms with Crippen LogP contribution in [0.2, 0.25) is 0 Å². The Morgan fingerprint density at radius 1 is 1.52 bits per heavy atom. The minimum absolute atomic E-state index is 0.00573. The molecule has 7 heteroatoms. The number of nitrogens with two attached hydrogens (primary N) is 1. The monoisotopic (exact) mass is 294 g/mol. The Kier molecular flexibility index (Phi) is 4.13. The van der Waals surface area contributed by atoms with Crippen molar-refractivity contribution in [3.63, 3.8) is 0 Å². The molecule has 21 heavy (non-hydrogen) atoms. The molecule has 0 radical (unpaired) electrons. The van der Waals surface area contributed by atoms with Crippen LogP contribution in [0.1, 0.15) is 18.4 Å². The average Bonchev–Trinajstić information content (AvgIpc) is 3.28. The Balaban J connectivity index is 2.21. The molecule has 0 saturated heterocycles. The predicted octanol–water partition coefficient (Wildman–Crippen LogP) is 1.56. The molecule has 1 unspecified atom stereocenters. The molecule has 1 aliphatic rings. The van der Waals surface area contributed by atoms with Crippen molar-refractivity contribution in [1.29, 1.82) is 0 Å². The zero-order valence-electron chi connectivity index (χ0n) is 12.0. The number of carbonyl (C=O) groups excluding carboxylic acids is 1. The first kappa shape index (κ1) is 15.2. The molecule has 1 aromatic rings. The molecule has 114 valence electrons. The van der Waals surface area contributed by atoms with Crippen LogP contribution in [0, 0.1) is 23.0 Å². The summed E-state index contributed by atoms with van der Waals surface area (Å²) in [6, 6.07) is 4.78. The molecule has 0 aromatic heterocycles. The second-order valence-electron chi connectivity index (χ2n) is 5.27. The van der Waals surface area contributed by atoms with Gasteiger partial charge in [-0.15, -0.1) is 0 Å². The van der Waals surface area contributed by atoms with Crippen LogP contribution in [0.25, 0.3) is 0 Å². The third-order valence-corrected chi connectivity index (χ3v) is 3.72. The number of esters is 1. The van der Waals surface area contributed by atoms with Crippen molar-refractivity contribution in [3.05, 3.63) is 33.9 Å². The van der Waals surface area contributed by atoms with E-state index in [0.717, 1.165) is 12.8 Å². The van der Waals surface area contributed by atoms with E-state index >= 15 is 0 Å². The highest BCUT2D eigenvalue weighted by atomic mass is 16.6. The van der Waals surface area contributed by atoms with Crippen LogP contribution in [0.5, 0.6) is 5.75 Å². The number of aryl methyl sites for hydroxylation is 1. The van der Waals surface area contributed by atoms with Crippen molar-refractivity contribution >= 4 is 11.7 Å². The first-order valence-electron chi connectivity index (χ1n) is 6.64. The van der Waals surface area contributed by atoms with Gasteiger partial charge in [0.1, 0.15) is 6.61 Å². The largest absolute Gasteiger partial charge is 0.484 e. The van der Waals surface area contributed by atoms with Gasteiger partial charge in [0.2, 0.25) is 0 Å². The highest BCUT2D eigenvalue weighted by molar-refractivity contribution is 5.81. The van der Waals surface area contributed by atoms with Gasteiger partial charge in [-0.25, -0.2) is 4.79 Å². The lowest BCUT2D eigenvalue weighted by Crippen LogP contribution is -2.55. The van der Waals surface area contributed by atoms with Gasteiger partial charge in [-0.05, 0) is 31.7 Å². The number of para-hydroxylation sites is 1. The number of nitrogens with zero attached hydrogens (tertiary/aromatic N) is 1. The number of nitro groups is 1. The zero-order chi connectivity index (χ0) is 15.6. The summed E-state index contributed by atoms with van der Waals surface area (Å²) in [6.07, 6.45) is 1.65. The lowest BCUT2D eigenvalue weighted by Gasteiger charge is -2.26. The lowest BCUT2D eigenvalue weighted by atomic mass is 9.96. The first-order valence-corrected chi connectivity index (χ1v) is 6.64. The minimum atomic E-state index is -1.26. The van der Waals surface area contributed by atoms with Gasteiger partial charge in [-0.2, -0.15) is 0 Å². The Hall–Kier alpha value is -2.15. The Bertz CT molecular complexity index is 570. The van der Waals surface area contributed by atoms with Crippen LogP contribution in [0.3, 0.4) is 0 Å². The van der Waals surface area contributed by atoms with E-state index in [9.17, 15) is 14.9 Å². The maximum Gasteiger partial charge on any atom is 0.329 e. The van der Waals surface area contributed by atoms with E-state index in [-0.39, 0.29) is 24.0 Å². The van der Waals surface area contributed by atoms with Gasteiger partial charge < -0.3 is 15.2 Å². The van der Waals surface area contributed by atoms with Crippen LogP contribution in [-0.2, 0) is 9.53 Å². The molecule has 7 nitrogen and oxygen atoms in total. The number of hydrogen-bond donors (Lipinski definition) is 1. The molecule has 2 rings (SSSR count). The van der Waals surface area contributed by atoms with Crippen LogP contribution in [0.15, 0.2) is 18.2 Å². The third kappa shape index (κ3) is 2.97. The highest BCUT2D eigenvalue weighted by Gasteiger charge is 2.50. The number of hydrogen-bond acceptors (Lipinski definition) is 6. The molecule has 1 aromatic carbocycles. The fraction of sp³-hybridized carbons (Fsp3) is 0.500. The maximum atomic E-state index is 11.9. The number of methoxy groups -OCH3 is 1. The number of carbonyl (C=O) groups is 1. The average molecular weight is 294 g/mol. The van der Waals surface area contributed by atoms with Gasteiger partial charge in [-0.1, -0.05) is 12.1 Å². The second kappa shape index (κ2) is 5.69. The van der Waals surface area contributed by atoms with Crippen LogP contribution < -0.4 is 10.5 Å². The Morgan fingerprint density at radius 3 is 2.71 bits per heavy atom. The van der Waals surface area contributed by atoms with Gasteiger partial charge in [0.15, 0.2) is 11.3 Å². The summed E-state index contributed by atoms with van der Waals surface area (Å²) in [6.45, 7) is 1.48. The molecule has 0 amide bonds. The van der Waals surface area contributed by atoms with E-state index in [1.807, 2.05) is 0 Å². The molecule has 2 N–H and O–H groups in total. The van der Waals surface area contributed by atoms with Crippen molar-refractivity contribution in [2.45, 2.75) is 25.3 Å². The first-order chi connectivity index (χ1) is 9.90. The van der Waals surface area contributed by atoms with Crippen LogP contribution in [-0.4, -0.2) is 30.1 Å². The van der Waals surface area contributed by atoms with Crippen molar-refractivity contribution in [3.8, 4) is 5.75 Å². The lowest BCUT2D eigenvalue weighted by molar-refractivity contribution is -0.386.